The molecule has 0 aromatic heterocycles. The summed E-state index contributed by atoms with van der Waals surface area (Å²) >= 11 is 0. The van der Waals surface area contributed by atoms with Crippen LogP contribution in [0.4, 0.5) is 5.69 Å². The van der Waals surface area contributed by atoms with Gasteiger partial charge in [0.1, 0.15) is 5.75 Å². The average Bonchev–Trinajstić information content (AvgIpc) is 2.45. The van der Waals surface area contributed by atoms with E-state index in [0.29, 0.717) is 5.56 Å². The molecule has 6 heteroatoms. The molecule has 1 aliphatic heterocycles. The van der Waals surface area contributed by atoms with Crippen LogP contribution in [0.15, 0.2) is 18.2 Å². The second-order valence-electron chi connectivity index (χ2n) is 5.09. The highest BCUT2D eigenvalue weighted by atomic mass is 16.6. The van der Waals surface area contributed by atoms with Crippen molar-refractivity contribution in [2.75, 3.05) is 26.2 Å². The Morgan fingerprint density at radius 1 is 1.45 bits per heavy atom. The molecule has 0 bridgehead atoms. The van der Waals surface area contributed by atoms with E-state index in [9.17, 15) is 15.2 Å². The van der Waals surface area contributed by atoms with E-state index < -0.39 is 0 Å². The van der Waals surface area contributed by atoms with Crippen molar-refractivity contribution in [3.8, 4) is 5.75 Å². The number of hydrogen-bond donors (Lipinski definition) is 2. The highest BCUT2D eigenvalue weighted by Gasteiger charge is 2.28. The standard InChI is InChI=1S/C14H21N3O3/c1-2-3-13(16-8-6-15-7-9-16)12-10-11(18)4-5-14(12)17(19)20/h4-5,10,13,15,18H,2-3,6-9H2,1H3/t13-/m0/s1. The first-order chi connectivity index (χ1) is 9.63. The zero-order valence-electron chi connectivity index (χ0n) is 11.7. The Balaban J connectivity index is 2.36. The maximum atomic E-state index is 11.2. The number of benzene rings is 1. The van der Waals surface area contributed by atoms with E-state index in [0.717, 1.165) is 39.0 Å². The Labute approximate surface area is 118 Å². The summed E-state index contributed by atoms with van der Waals surface area (Å²) in [7, 11) is 0. The van der Waals surface area contributed by atoms with Crippen LogP contribution in [-0.4, -0.2) is 41.1 Å². The molecule has 1 saturated heterocycles. The van der Waals surface area contributed by atoms with E-state index in [1.807, 2.05) is 0 Å². The van der Waals surface area contributed by atoms with Gasteiger partial charge in [-0.3, -0.25) is 15.0 Å². The SMILES string of the molecule is CCC[C@@H](c1cc(O)ccc1[N+](=O)[O-])N1CCNCC1. The van der Waals surface area contributed by atoms with Crippen molar-refractivity contribution in [1.29, 1.82) is 0 Å². The average molecular weight is 279 g/mol. The summed E-state index contributed by atoms with van der Waals surface area (Å²) in [6, 6.07) is 4.31. The molecule has 110 valence electrons. The van der Waals surface area contributed by atoms with Crippen LogP contribution in [0, 0.1) is 10.1 Å². The number of hydrogen-bond acceptors (Lipinski definition) is 5. The minimum atomic E-state index is -0.361. The highest BCUT2D eigenvalue weighted by Crippen LogP contribution is 2.35. The Hall–Kier alpha value is -1.66. The summed E-state index contributed by atoms with van der Waals surface area (Å²) in [5.41, 5.74) is 0.721. The number of nitrogens with one attached hydrogen (secondary N) is 1. The predicted molar refractivity (Wildman–Crippen MR) is 76.9 cm³/mol. The molecule has 1 aromatic rings. The smallest absolute Gasteiger partial charge is 0.274 e. The van der Waals surface area contributed by atoms with Crippen LogP contribution in [0.5, 0.6) is 5.75 Å². The Morgan fingerprint density at radius 3 is 2.75 bits per heavy atom. The number of nitro benzene ring substituents is 1. The summed E-state index contributed by atoms with van der Waals surface area (Å²) in [6.45, 7) is 5.61. The van der Waals surface area contributed by atoms with Gasteiger partial charge in [-0.25, -0.2) is 0 Å². The van der Waals surface area contributed by atoms with Gasteiger partial charge in [-0.15, -0.1) is 0 Å². The third-order valence-electron chi connectivity index (χ3n) is 3.72. The summed E-state index contributed by atoms with van der Waals surface area (Å²) in [5.74, 6) is 0.0850. The van der Waals surface area contributed by atoms with Gasteiger partial charge in [-0.2, -0.15) is 0 Å². The monoisotopic (exact) mass is 279 g/mol. The topological polar surface area (TPSA) is 78.6 Å². The number of aromatic hydroxyl groups is 1. The van der Waals surface area contributed by atoms with Crippen LogP contribution in [0.3, 0.4) is 0 Å². The third kappa shape index (κ3) is 3.26. The number of piperazine rings is 1. The van der Waals surface area contributed by atoms with Crippen molar-refractivity contribution in [3.05, 3.63) is 33.9 Å². The predicted octanol–water partition coefficient (Wildman–Crippen LogP) is 2.05. The maximum absolute atomic E-state index is 11.2. The van der Waals surface area contributed by atoms with Gasteiger partial charge in [-0.1, -0.05) is 13.3 Å². The molecule has 0 amide bonds. The highest BCUT2D eigenvalue weighted by molar-refractivity contribution is 5.46. The molecule has 1 atom stereocenters. The fourth-order valence-corrected chi connectivity index (χ4v) is 2.78. The lowest BCUT2D eigenvalue weighted by atomic mass is 9.98. The van der Waals surface area contributed by atoms with Gasteiger partial charge in [0.2, 0.25) is 0 Å². The largest absolute Gasteiger partial charge is 0.508 e. The van der Waals surface area contributed by atoms with E-state index in [4.69, 9.17) is 0 Å². The molecule has 20 heavy (non-hydrogen) atoms. The van der Waals surface area contributed by atoms with Crippen molar-refractivity contribution < 1.29 is 10.0 Å². The lowest BCUT2D eigenvalue weighted by Crippen LogP contribution is -2.45. The quantitative estimate of drug-likeness (QED) is 0.637. The van der Waals surface area contributed by atoms with Crippen LogP contribution in [0.2, 0.25) is 0 Å². The van der Waals surface area contributed by atoms with Gasteiger partial charge < -0.3 is 10.4 Å². The van der Waals surface area contributed by atoms with Crippen LogP contribution in [0.25, 0.3) is 0 Å². The lowest BCUT2D eigenvalue weighted by molar-refractivity contribution is -0.386. The molecule has 0 aliphatic carbocycles. The third-order valence-corrected chi connectivity index (χ3v) is 3.72. The maximum Gasteiger partial charge on any atom is 0.274 e. The molecule has 1 fully saturated rings. The molecule has 6 nitrogen and oxygen atoms in total. The molecule has 0 unspecified atom stereocenters. The second kappa shape index (κ2) is 6.67. The molecule has 0 radical (unpaired) electrons. The number of nitrogens with zero attached hydrogens (tertiary/aromatic N) is 2. The zero-order chi connectivity index (χ0) is 14.5. The van der Waals surface area contributed by atoms with Gasteiger partial charge in [0.05, 0.1) is 10.5 Å². The molecular weight excluding hydrogens is 258 g/mol. The van der Waals surface area contributed by atoms with Crippen LogP contribution >= 0.6 is 0 Å². The van der Waals surface area contributed by atoms with Crippen LogP contribution in [0.1, 0.15) is 31.4 Å². The fourth-order valence-electron chi connectivity index (χ4n) is 2.78. The van der Waals surface area contributed by atoms with E-state index in [1.165, 1.54) is 12.1 Å². The number of rotatable bonds is 5. The van der Waals surface area contributed by atoms with E-state index in [1.54, 1.807) is 6.07 Å². The molecule has 0 saturated carbocycles. The zero-order valence-corrected chi connectivity index (χ0v) is 11.7. The van der Waals surface area contributed by atoms with Crippen molar-refractivity contribution in [3.63, 3.8) is 0 Å². The summed E-state index contributed by atoms with van der Waals surface area (Å²) in [5, 5.41) is 24.2. The van der Waals surface area contributed by atoms with Gasteiger partial charge in [-0.05, 0) is 18.6 Å². The van der Waals surface area contributed by atoms with Crippen molar-refractivity contribution in [2.24, 2.45) is 0 Å². The lowest BCUT2D eigenvalue weighted by Gasteiger charge is -2.35. The van der Waals surface area contributed by atoms with Crippen LogP contribution in [-0.2, 0) is 0 Å². The molecule has 2 N–H and O–H groups in total. The normalized spacial score (nSPS) is 17.9. The van der Waals surface area contributed by atoms with Gasteiger partial charge >= 0.3 is 0 Å². The van der Waals surface area contributed by atoms with Gasteiger partial charge in [0.15, 0.2) is 0 Å². The molecule has 2 rings (SSSR count). The number of phenols is 1. The van der Waals surface area contributed by atoms with Crippen molar-refractivity contribution in [1.82, 2.24) is 10.2 Å². The van der Waals surface area contributed by atoms with E-state index >= 15 is 0 Å². The first kappa shape index (κ1) is 14.7. The van der Waals surface area contributed by atoms with Gasteiger partial charge in [0.25, 0.3) is 5.69 Å². The summed E-state index contributed by atoms with van der Waals surface area (Å²) in [4.78, 5) is 13.1. The first-order valence-corrected chi connectivity index (χ1v) is 7.05. The second-order valence-corrected chi connectivity index (χ2v) is 5.09. The Morgan fingerprint density at radius 2 is 2.15 bits per heavy atom. The van der Waals surface area contributed by atoms with E-state index in [-0.39, 0.29) is 22.4 Å². The fraction of sp³-hybridized carbons (Fsp3) is 0.571. The Bertz CT molecular complexity index is 473. The summed E-state index contributed by atoms with van der Waals surface area (Å²) < 4.78 is 0. The van der Waals surface area contributed by atoms with Gasteiger partial charge in [0, 0.05) is 38.3 Å². The molecule has 0 spiro atoms. The van der Waals surface area contributed by atoms with Crippen molar-refractivity contribution in [2.45, 2.75) is 25.8 Å². The molecule has 1 aromatic carbocycles. The van der Waals surface area contributed by atoms with Crippen molar-refractivity contribution >= 4 is 5.69 Å². The Kier molecular flexibility index (Phi) is 4.92. The first-order valence-electron chi connectivity index (χ1n) is 7.05. The molecule has 1 heterocycles. The number of phenolic OH excluding ortho intramolecular Hbond substituents is 1. The van der Waals surface area contributed by atoms with E-state index in [2.05, 4.69) is 17.1 Å². The summed E-state index contributed by atoms with van der Waals surface area (Å²) in [6.07, 6.45) is 1.80. The molecular formula is C14H21N3O3. The number of nitro groups is 1. The minimum absolute atomic E-state index is 0.00500. The molecule has 1 aliphatic rings. The minimum Gasteiger partial charge on any atom is -0.508 e. The van der Waals surface area contributed by atoms with Crippen LogP contribution < -0.4 is 5.32 Å².